The van der Waals surface area contributed by atoms with E-state index in [0.29, 0.717) is 45.4 Å². The van der Waals surface area contributed by atoms with Crippen LogP contribution in [0.5, 0.6) is 0 Å². The van der Waals surface area contributed by atoms with Crippen molar-refractivity contribution >= 4 is 28.8 Å². The fraction of sp³-hybridized carbons (Fsp3) is 0.520. The van der Waals surface area contributed by atoms with Crippen LogP contribution in [0.15, 0.2) is 36.5 Å². The van der Waals surface area contributed by atoms with Gasteiger partial charge in [-0.1, -0.05) is 6.07 Å². The standard InChI is InChI=1S/C25H30F3N5O2/c26-25(27,28)16-30-19-5-3-17(4-6-19)24(34)33-15-18-2-1-9-29-23(18)31-21-8-7-20(14-22(21)33)32-10-12-35-13-11-32/h1-2,7-9,14,17,19,30H,3-6,10-13,15-16H2,(H,29,31)/t17-,19+. The molecule has 3 heterocycles. The van der Waals surface area contributed by atoms with Gasteiger partial charge in [0.15, 0.2) is 0 Å². The van der Waals surface area contributed by atoms with Crippen LogP contribution in [0.1, 0.15) is 31.2 Å². The number of benzene rings is 1. The summed E-state index contributed by atoms with van der Waals surface area (Å²) >= 11 is 0. The fourth-order valence-electron chi connectivity index (χ4n) is 5.15. The monoisotopic (exact) mass is 489 g/mol. The number of fused-ring (bicyclic) bond motifs is 2. The number of carbonyl (C=O) groups is 1. The first kappa shape index (κ1) is 23.9. The molecule has 1 aromatic heterocycles. The number of pyridine rings is 1. The second-order valence-electron chi connectivity index (χ2n) is 9.41. The van der Waals surface area contributed by atoms with E-state index in [4.69, 9.17) is 4.74 Å². The number of anilines is 4. The number of carbonyl (C=O) groups excluding carboxylic acids is 1. The van der Waals surface area contributed by atoms with Crippen LogP contribution in [0, 0.1) is 5.92 Å². The van der Waals surface area contributed by atoms with Crippen LogP contribution in [0.25, 0.3) is 0 Å². The number of amides is 1. The van der Waals surface area contributed by atoms with Crippen molar-refractivity contribution in [1.82, 2.24) is 10.3 Å². The quantitative estimate of drug-likeness (QED) is 0.671. The molecule has 188 valence electrons. The molecule has 2 aromatic rings. The Hall–Kier alpha value is -2.85. The summed E-state index contributed by atoms with van der Waals surface area (Å²) in [4.78, 5) is 22.4. The van der Waals surface area contributed by atoms with E-state index in [0.717, 1.165) is 41.5 Å². The van der Waals surface area contributed by atoms with Crippen LogP contribution in [-0.4, -0.2) is 56.0 Å². The lowest BCUT2D eigenvalue weighted by Crippen LogP contribution is -2.43. The van der Waals surface area contributed by atoms with Crippen molar-refractivity contribution < 1.29 is 22.7 Å². The highest BCUT2D eigenvalue weighted by Gasteiger charge is 2.34. The lowest BCUT2D eigenvalue weighted by molar-refractivity contribution is -0.128. The number of hydrogen-bond acceptors (Lipinski definition) is 6. The Bertz CT molecular complexity index is 1050. The van der Waals surface area contributed by atoms with Crippen molar-refractivity contribution in [2.75, 3.05) is 48.0 Å². The Kier molecular flexibility index (Phi) is 6.84. The van der Waals surface area contributed by atoms with Gasteiger partial charge in [0.05, 0.1) is 37.7 Å². The van der Waals surface area contributed by atoms with Crippen LogP contribution in [0.3, 0.4) is 0 Å². The van der Waals surface area contributed by atoms with Gasteiger partial charge in [0.25, 0.3) is 0 Å². The zero-order valence-electron chi connectivity index (χ0n) is 19.5. The minimum absolute atomic E-state index is 0.0122. The topological polar surface area (TPSA) is 69.7 Å². The first-order valence-corrected chi connectivity index (χ1v) is 12.2. The summed E-state index contributed by atoms with van der Waals surface area (Å²) in [5.41, 5.74) is 3.57. The summed E-state index contributed by atoms with van der Waals surface area (Å²) < 4.78 is 43.2. The molecule has 1 aliphatic carbocycles. The van der Waals surface area contributed by atoms with Crippen molar-refractivity contribution in [3.8, 4) is 0 Å². The molecule has 2 N–H and O–H groups in total. The molecule has 1 saturated carbocycles. The SMILES string of the molecule is O=C([C@H]1CC[C@@H](NCC(F)(F)F)CC1)N1Cc2cccnc2Nc2ccc(N3CCOCC3)cc21. The lowest BCUT2D eigenvalue weighted by Gasteiger charge is -2.34. The van der Waals surface area contributed by atoms with Gasteiger partial charge in [-0.15, -0.1) is 0 Å². The van der Waals surface area contributed by atoms with Gasteiger partial charge in [0, 0.05) is 42.5 Å². The van der Waals surface area contributed by atoms with Crippen molar-refractivity contribution in [1.29, 1.82) is 0 Å². The largest absolute Gasteiger partial charge is 0.401 e. The van der Waals surface area contributed by atoms with Crippen molar-refractivity contribution in [3.63, 3.8) is 0 Å². The average Bonchev–Trinajstić information content (AvgIpc) is 3.04. The molecule has 0 bridgehead atoms. The Morgan fingerprint density at radius 2 is 1.91 bits per heavy atom. The van der Waals surface area contributed by atoms with E-state index in [1.165, 1.54) is 0 Å². The third kappa shape index (κ3) is 5.54. The van der Waals surface area contributed by atoms with Crippen LogP contribution in [-0.2, 0) is 16.1 Å². The number of alkyl halides is 3. The summed E-state index contributed by atoms with van der Waals surface area (Å²) in [6, 6.07) is 9.69. The maximum atomic E-state index is 13.8. The summed E-state index contributed by atoms with van der Waals surface area (Å²) in [5.74, 6) is 0.512. The average molecular weight is 490 g/mol. The predicted molar refractivity (Wildman–Crippen MR) is 128 cm³/mol. The van der Waals surface area contributed by atoms with Gasteiger partial charge in [-0.25, -0.2) is 4.98 Å². The zero-order valence-corrected chi connectivity index (χ0v) is 19.5. The minimum Gasteiger partial charge on any atom is -0.378 e. The maximum Gasteiger partial charge on any atom is 0.401 e. The van der Waals surface area contributed by atoms with E-state index < -0.39 is 12.7 Å². The first-order chi connectivity index (χ1) is 16.9. The number of ether oxygens (including phenoxy) is 1. The third-order valence-electron chi connectivity index (χ3n) is 7.05. The highest BCUT2D eigenvalue weighted by Crippen LogP contribution is 2.39. The van der Waals surface area contributed by atoms with Gasteiger partial charge in [0.1, 0.15) is 5.82 Å². The van der Waals surface area contributed by atoms with E-state index in [9.17, 15) is 18.0 Å². The summed E-state index contributed by atoms with van der Waals surface area (Å²) in [6.45, 7) is 2.31. The van der Waals surface area contributed by atoms with Crippen LogP contribution < -0.4 is 20.4 Å². The molecule has 0 spiro atoms. The highest BCUT2D eigenvalue weighted by atomic mass is 19.4. The van der Waals surface area contributed by atoms with Gasteiger partial charge in [-0.2, -0.15) is 13.2 Å². The summed E-state index contributed by atoms with van der Waals surface area (Å²) in [7, 11) is 0. The molecule has 10 heteroatoms. The fourth-order valence-corrected chi connectivity index (χ4v) is 5.15. The van der Waals surface area contributed by atoms with E-state index in [1.54, 1.807) is 6.20 Å². The summed E-state index contributed by atoms with van der Waals surface area (Å²) in [5, 5.41) is 5.99. The van der Waals surface area contributed by atoms with Crippen molar-refractivity contribution in [3.05, 3.63) is 42.1 Å². The first-order valence-electron chi connectivity index (χ1n) is 12.2. The molecule has 2 fully saturated rings. The molecule has 0 atom stereocenters. The van der Waals surface area contributed by atoms with Crippen LogP contribution in [0.4, 0.5) is 36.1 Å². The van der Waals surface area contributed by atoms with E-state index in [-0.39, 0.29) is 17.9 Å². The van der Waals surface area contributed by atoms with Gasteiger partial charge < -0.3 is 25.2 Å². The molecule has 3 aliphatic rings. The number of halogens is 3. The Morgan fingerprint density at radius 3 is 2.66 bits per heavy atom. The number of nitrogens with one attached hydrogen (secondary N) is 2. The normalized spacial score (nSPS) is 22.6. The number of aromatic nitrogens is 1. The van der Waals surface area contributed by atoms with E-state index >= 15 is 0 Å². The maximum absolute atomic E-state index is 13.8. The number of morpholine rings is 1. The molecule has 0 radical (unpaired) electrons. The van der Waals surface area contributed by atoms with Gasteiger partial charge in [-0.3, -0.25) is 4.79 Å². The van der Waals surface area contributed by atoms with Gasteiger partial charge in [-0.05, 0) is 49.9 Å². The number of hydrogen-bond donors (Lipinski definition) is 2. The van der Waals surface area contributed by atoms with Crippen molar-refractivity contribution in [2.45, 2.75) is 44.4 Å². The molecule has 5 rings (SSSR count). The van der Waals surface area contributed by atoms with Crippen molar-refractivity contribution in [2.24, 2.45) is 5.92 Å². The summed E-state index contributed by atoms with van der Waals surface area (Å²) in [6.07, 6.45) is -0.266. The molecule has 1 saturated heterocycles. The lowest BCUT2D eigenvalue weighted by atomic mass is 9.85. The Morgan fingerprint density at radius 1 is 1.14 bits per heavy atom. The predicted octanol–water partition coefficient (Wildman–Crippen LogP) is 4.22. The van der Waals surface area contributed by atoms with Gasteiger partial charge in [0.2, 0.25) is 5.91 Å². The second kappa shape index (κ2) is 10.0. The van der Waals surface area contributed by atoms with Crippen LogP contribution in [0.2, 0.25) is 0 Å². The van der Waals surface area contributed by atoms with E-state index in [1.807, 2.05) is 35.2 Å². The van der Waals surface area contributed by atoms with Crippen LogP contribution >= 0.6 is 0 Å². The second-order valence-corrected chi connectivity index (χ2v) is 9.41. The minimum atomic E-state index is -4.23. The van der Waals surface area contributed by atoms with Gasteiger partial charge >= 0.3 is 6.18 Å². The molecule has 1 amide bonds. The number of rotatable bonds is 4. The Labute approximate surface area is 202 Å². The molecule has 1 aromatic carbocycles. The molecule has 0 unspecified atom stereocenters. The highest BCUT2D eigenvalue weighted by molar-refractivity contribution is 6.00. The molecule has 2 aliphatic heterocycles. The molecular weight excluding hydrogens is 459 g/mol. The smallest absolute Gasteiger partial charge is 0.378 e. The van der Waals surface area contributed by atoms with E-state index in [2.05, 4.69) is 20.5 Å². The Balaban J connectivity index is 1.38. The molecule has 7 nitrogen and oxygen atoms in total. The molecular formula is C25H30F3N5O2. The zero-order chi connectivity index (χ0) is 24.4. The number of nitrogens with zero attached hydrogens (tertiary/aromatic N) is 3. The molecule has 35 heavy (non-hydrogen) atoms. The third-order valence-corrected chi connectivity index (χ3v) is 7.05.